The summed E-state index contributed by atoms with van der Waals surface area (Å²) in [6.45, 7) is 4.61. The molecule has 0 bridgehead atoms. The molecule has 156 valence electrons. The molecule has 0 unspecified atom stereocenters. The average Bonchev–Trinajstić information content (AvgIpc) is 3.52. The highest BCUT2D eigenvalue weighted by atomic mass is 32.1. The lowest BCUT2D eigenvalue weighted by Gasteiger charge is -2.29. The number of rotatable bonds is 6. The molecule has 1 aromatic carbocycles. The minimum atomic E-state index is 0.106. The molecule has 2 fully saturated rings. The number of imidazole rings is 1. The maximum absolute atomic E-state index is 13.2. The van der Waals surface area contributed by atoms with Crippen molar-refractivity contribution in [2.24, 2.45) is 18.4 Å². The van der Waals surface area contributed by atoms with Crippen molar-refractivity contribution in [1.82, 2.24) is 24.3 Å². The van der Waals surface area contributed by atoms with Crippen molar-refractivity contribution in [3.8, 4) is 0 Å². The zero-order chi connectivity index (χ0) is 20.6. The zero-order valence-corrected chi connectivity index (χ0v) is 18.1. The van der Waals surface area contributed by atoms with Crippen LogP contribution in [0.1, 0.15) is 28.2 Å². The minimum absolute atomic E-state index is 0.106. The predicted molar refractivity (Wildman–Crippen MR) is 117 cm³/mol. The molecule has 0 spiro atoms. The van der Waals surface area contributed by atoms with E-state index in [0.717, 1.165) is 51.3 Å². The van der Waals surface area contributed by atoms with Gasteiger partial charge in [0.05, 0.1) is 23.7 Å². The van der Waals surface area contributed by atoms with Crippen LogP contribution in [0.25, 0.3) is 0 Å². The van der Waals surface area contributed by atoms with Gasteiger partial charge in [0.15, 0.2) is 0 Å². The summed E-state index contributed by atoms with van der Waals surface area (Å²) in [5.41, 5.74) is 5.25. The number of carbonyl (C=O) groups is 1. The van der Waals surface area contributed by atoms with E-state index < -0.39 is 0 Å². The summed E-state index contributed by atoms with van der Waals surface area (Å²) in [7, 11) is 1.89. The van der Waals surface area contributed by atoms with Crippen LogP contribution in [0.3, 0.4) is 0 Å². The molecule has 6 nitrogen and oxygen atoms in total. The summed E-state index contributed by atoms with van der Waals surface area (Å²) in [5, 5.41) is 2.14. The fourth-order valence-electron chi connectivity index (χ4n) is 5.23. The van der Waals surface area contributed by atoms with E-state index >= 15 is 0 Å². The monoisotopic (exact) mass is 421 g/mol. The number of nitrogens with zero attached hydrogens (tertiary/aromatic N) is 5. The normalized spacial score (nSPS) is 23.8. The Hall–Kier alpha value is -2.51. The third-order valence-corrected chi connectivity index (χ3v) is 7.41. The van der Waals surface area contributed by atoms with Crippen molar-refractivity contribution in [3.63, 3.8) is 0 Å². The first-order valence-electron chi connectivity index (χ1n) is 10.5. The number of likely N-dealkylation sites (tertiary alicyclic amines) is 2. The Bertz CT molecular complexity index is 1000. The number of benzene rings is 1. The summed E-state index contributed by atoms with van der Waals surface area (Å²) in [5.74, 6) is 0.603. The van der Waals surface area contributed by atoms with E-state index in [2.05, 4.69) is 55.5 Å². The van der Waals surface area contributed by atoms with Crippen molar-refractivity contribution in [2.75, 3.05) is 26.2 Å². The molecular weight excluding hydrogens is 394 g/mol. The van der Waals surface area contributed by atoms with Gasteiger partial charge >= 0.3 is 0 Å². The number of amides is 1. The second-order valence-electron chi connectivity index (χ2n) is 8.77. The number of hydrogen-bond acceptors (Lipinski definition) is 5. The third-order valence-electron chi connectivity index (χ3n) is 6.78. The number of carbonyl (C=O) groups excluding carboxylic acids is 1. The van der Waals surface area contributed by atoms with Crippen LogP contribution < -0.4 is 0 Å². The molecule has 0 radical (unpaired) electrons. The summed E-state index contributed by atoms with van der Waals surface area (Å²) in [6, 6.07) is 10.7. The van der Waals surface area contributed by atoms with E-state index in [0.29, 0.717) is 11.6 Å². The van der Waals surface area contributed by atoms with Gasteiger partial charge in [0.1, 0.15) is 5.69 Å². The van der Waals surface area contributed by atoms with Gasteiger partial charge in [-0.2, -0.15) is 0 Å². The fourth-order valence-corrected chi connectivity index (χ4v) is 5.78. The Morgan fingerprint density at radius 1 is 1.23 bits per heavy atom. The molecule has 2 aliphatic rings. The Balaban J connectivity index is 1.35. The van der Waals surface area contributed by atoms with E-state index in [1.807, 2.05) is 17.1 Å². The Morgan fingerprint density at radius 2 is 2.10 bits per heavy atom. The summed E-state index contributed by atoms with van der Waals surface area (Å²) in [6.07, 6.45) is 5.53. The van der Waals surface area contributed by atoms with Crippen LogP contribution >= 0.6 is 11.3 Å². The molecular formula is C23H27N5OS. The van der Waals surface area contributed by atoms with E-state index in [1.54, 1.807) is 23.9 Å². The van der Waals surface area contributed by atoms with Crippen LogP contribution in [0.15, 0.2) is 53.7 Å². The van der Waals surface area contributed by atoms with E-state index in [4.69, 9.17) is 0 Å². The van der Waals surface area contributed by atoms with Gasteiger partial charge in [-0.3, -0.25) is 9.69 Å². The molecule has 7 heteroatoms. The van der Waals surface area contributed by atoms with Gasteiger partial charge < -0.3 is 9.47 Å². The molecule has 2 aliphatic heterocycles. The van der Waals surface area contributed by atoms with Crippen LogP contribution in [-0.4, -0.2) is 56.4 Å². The lowest BCUT2D eigenvalue weighted by Crippen LogP contribution is -2.37. The molecule has 2 saturated heterocycles. The summed E-state index contributed by atoms with van der Waals surface area (Å²) >= 11 is 1.66. The van der Waals surface area contributed by atoms with Gasteiger partial charge in [0.2, 0.25) is 0 Å². The van der Waals surface area contributed by atoms with Crippen LogP contribution in [0.2, 0.25) is 0 Å². The van der Waals surface area contributed by atoms with E-state index in [-0.39, 0.29) is 11.3 Å². The summed E-state index contributed by atoms with van der Waals surface area (Å²) < 4.78 is 1.82. The van der Waals surface area contributed by atoms with Gasteiger partial charge in [-0.05, 0) is 24.3 Å². The van der Waals surface area contributed by atoms with Crippen molar-refractivity contribution in [3.05, 3.63) is 70.7 Å². The molecule has 1 amide bonds. The molecule has 5 rings (SSSR count). The van der Waals surface area contributed by atoms with Crippen molar-refractivity contribution >= 4 is 17.2 Å². The Morgan fingerprint density at radius 3 is 2.83 bits per heavy atom. The number of hydrogen-bond donors (Lipinski definition) is 0. The first-order chi connectivity index (χ1) is 14.6. The highest BCUT2D eigenvalue weighted by molar-refractivity contribution is 7.07. The van der Waals surface area contributed by atoms with E-state index in [9.17, 15) is 4.79 Å². The molecule has 3 aromatic rings. The van der Waals surface area contributed by atoms with Gasteiger partial charge in [-0.25, -0.2) is 9.97 Å². The number of thiazole rings is 1. The number of aromatic nitrogens is 3. The van der Waals surface area contributed by atoms with Crippen LogP contribution in [0.4, 0.5) is 0 Å². The second-order valence-corrected chi connectivity index (χ2v) is 9.49. The molecule has 2 aromatic heterocycles. The standard InChI is InChI=1S/C23H27N5OS/c1-26-16-24-9-21(26)22(29)28-11-19-10-27(12-20-13-30-17-25-20)14-23(19,15-28)8-7-18-5-3-2-4-6-18/h2-6,9,13,16-17,19H,7-8,10-12,14-15H2,1H3/t19-,23+/m0/s1. The third kappa shape index (κ3) is 3.68. The molecule has 0 aliphatic carbocycles. The minimum Gasteiger partial charge on any atom is -0.336 e. The van der Waals surface area contributed by atoms with Crippen molar-refractivity contribution < 1.29 is 4.79 Å². The van der Waals surface area contributed by atoms with E-state index in [1.165, 1.54) is 5.56 Å². The zero-order valence-electron chi connectivity index (χ0n) is 17.3. The van der Waals surface area contributed by atoms with Gasteiger partial charge in [0, 0.05) is 50.6 Å². The SMILES string of the molecule is Cn1cncc1C(=O)N1C[C@@H]2CN(Cc3cscn3)C[C@]2(CCc2ccccc2)C1. The van der Waals surface area contributed by atoms with Gasteiger partial charge in [-0.1, -0.05) is 30.3 Å². The Kier molecular flexibility index (Phi) is 5.16. The largest absolute Gasteiger partial charge is 0.336 e. The topological polar surface area (TPSA) is 54.3 Å². The molecule has 0 N–H and O–H groups in total. The summed E-state index contributed by atoms with van der Waals surface area (Å²) in [4.78, 5) is 26.4. The first kappa shape index (κ1) is 19.5. The highest BCUT2D eigenvalue weighted by Crippen LogP contribution is 2.46. The first-order valence-corrected chi connectivity index (χ1v) is 11.5. The van der Waals surface area contributed by atoms with Crippen molar-refractivity contribution in [1.29, 1.82) is 0 Å². The van der Waals surface area contributed by atoms with Gasteiger partial charge in [0.25, 0.3) is 5.91 Å². The molecule has 4 heterocycles. The lowest BCUT2D eigenvalue weighted by molar-refractivity contribution is 0.0746. The molecule has 2 atom stereocenters. The van der Waals surface area contributed by atoms with Crippen LogP contribution in [0, 0.1) is 11.3 Å². The van der Waals surface area contributed by atoms with Crippen LogP contribution in [0.5, 0.6) is 0 Å². The highest BCUT2D eigenvalue weighted by Gasteiger charge is 2.53. The maximum Gasteiger partial charge on any atom is 0.272 e. The fraction of sp³-hybridized carbons (Fsp3) is 0.435. The maximum atomic E-state index is 13.2. The second kappa shape index (κ2) is 7.96. The quantitative estimate of drug-likeness (QED) is 0.614. The van der Waals surface area contributed by atoms with Gasteiger partial charge in [-0.15, -0.1) is 11.3 Å². The lowest BCUT2D eigenvalue weighted by atomic mass is 9.76. The van der Waals surface area contributed by atoms with Crippen LogP contribution in [-0.2, 0) is 20.0 Å². The average molecular weight is 422 g/mol. The Labute approximate surface area is 181 Å². The predicted octanol–water partition coefficient (Wildman–Crippen LogP) is 3.08. The number of fused-ring (bicyclic) bond motifs is 1. The molecule has 30 heavy (non-hydrogen) atoms. The number of aryl methyl sites for hydroxylation is 2. The molecule has 0 saturated carbocycles. The smallest absolute Gasteiger partial charge is 0.272 e. The van der Waals surface area contributed by atoms with Crippen molar-refractivity contribution in [2.45, 2.75) is 19.4 Å².